The highest BCUT2D eigenvalue weighted by molar-refractivity contribution is 6.18. The Kier molecular flexibility index (Phi) is 3.67. The molecule has 1 aliphatic rings. The number of likely N-dealkylation sites (tertiary alicyclic amines) is 1. The third-order valence-corrected chi connectivity index (χ3v) is 2.79. The van der Waals surface area contributed by atoms with E-state index in [1.807, 2.05) is 0 Å². The molecule has 0 amide bonds. The lowest BCUT2D eigenvalue weighted by Gasteiger charge is -2.36. The molecule has 1 rings (SSSR count). The van der Waals surface area contributed by atoms with E-state index < -0.39 is 0 Å². The molecule has 0 aromatic carbocycles. The largest absolute Gasteiger partial charge is 0.299 e. The second kappa shape index (κ2) is 4.32. The maximum Gasteiger partial charge on any atom is 0.0351 e. The van der Waals surface area contributed by atoms with Crippen LogP contribution in [0.3, 0.4) is 0 Å². The van der Waals surface area contributed by atoms with E-state index in [1.54, 1.807) is 0 Å². The average Bonchev–Trinajstić information content (AvgIpc) is 1.98. The van der Waals surface area contributed by atoms with Gasteiger partial charge in [-0.25, -0.2) is 0 Å². The smallest absolute Gasteiger partial charge is 0.0351 e. The monoisotopic (exact) mass is 175 g/mol. The summed E-state index contributed by atoms with van der Waals surface area (Å²) in [5, 5.41) is 0. The fourth-order valence-electron chi connectivity index (χ4n) is 1.80. The van der Waals surface area contributed by atoms with Gasteiger partial charge in [0.15, 0.2) is 0 Å². The predicted octanol–water partition coefficient (Wildman–Crippen LogP) is 2.35. The fourth-order valence-corrected chi connectivity index (χ4v) is 2.02. The van der Waals surface area contributed by atoms with Crippen molar-refractivity contribution in [1.82, 2.24) is 4.90 Å². The quantitative estimate of drug-likeness (QED) is 0.583. The van der Waals surface area contributed by atoms with E-state index in [4.69, 9.17) is 11.6 Å². The molecule has 66 valence electrons. The van der Waals surface area contributed by atoms with Crippen LogP contribution < -0.4 is 0 Å². The number of hydrogen-bond donors (Lipinski definition) is 0. The first kappa shape index (κ1) is 9.34. The molecule has 11 heavy (non-hydrogen) atoms. The van der Waals surface area contributed by atoms with E-state index in [0.29, 0.717) is 0 Å². The molecule has 1 fully saturated rings. The number of piperidine rings is 1. The third-order valence-electron chi connectivity index (χ3n) is 2.62. The van der Waals surface area contributed by atoms with Crippen molar-refractivity contribution in [3.63, 3.8) is 0 Å². The lowest BCUT2D eigenvalue weighted by atomic mass is 9.95. The van der Waals surface area contributed by atoms with Crippen LogP contribution in [0.5, 0.6) is 0 Å². The van der Waals surface area contributed by atoms with Gasteiger partial charge in [0.2, 0.25) is 0 Å². The Labute approximate surface area is 74.7 Å². The summed E-state index contributed by atoms with van der Waals surface area (Å²) in [4.78, 5) is 2.50. The molecular weight excluding hydrogens is 158 g/mol. The predicted molar refractivity (Wildman–Crippen MR) is 50.2 cm³/mol. The first-order chi connectivity index (χ1) is 5.24. The number of rotatable bonds is 2. The first-order valence-corrected chi connectivity index (χ1v) is 5.07. The number of hydrogen-bond acceptors (Lipinski definition) is 1. The zero-order chi connectivity index (χ0) is 8.27. The van der Waals surface area contributed by atoms with Gasteiger partial charge in [-0.05, 0) is 25.7 Å². The lowest BCUT2D eigenvalue weighted by molar-refractivity contribution is 0.133. The maximum atomic E-state index is 5.71. The van der Waals surface area contributed by atoms with Gasteiger partial charge in [-0.15, -0.1) is 11.6 Å². The molecule has 0 N–H and O–H groups in total. The molecule has 1 heterocycles. The Morgan fingerprint density at radius 2 is 2.09 bits per heavy atom. The van der Waals surface area contributed by atoms with Crippen LogP contribution in [-0.2, 0) is 0 Å². The zero-order valence-corrected chi connectivity index (χ0v) is 8.27. The topological polar surface area (TPSA) is 3.24 Å². The summed E-state index contributed by atoms with van der Waals surface area (Å²) in [6.45, 7) is 6.94. The molecule has 1 saturated heterocycles. The van der Waals surface area contributed by atoms with Crippen LogP contribution in [0.25, 0.3) is 0 Å². The minimum absolute atomic E-state index is 0.755. The molecule has 1 nitrogen and oxygen atoms in total. The molecule has 2 heteroatoms. The molecule has 0 saturated carbocycles. The molecule has 2 atom stereocenters. The highest BCUT2D eigenvalue weighted by Crippen LogP contribution is 2.20. The second-order valence-corrected chi connectivity index (χ2v) is 4.09. The normalized spacial score (nSPS) is 34.1. The van der Waals surface area contributed by atoms with Crippen LogP contribution in [0.2, 0.25) is 0 Å². The van der Waals surface area contributed by atoms with Gasteiger partial charge in [0.1, 0.15) is 0 Å². The highest BCUT2D eigenvalue weighted by atomic mass is 35.5. The Morgan fingerprint density at radius 1 is 1.36 bits per heavy atom. The van der Waals surface area contributed by atoms with E-state index in [-0.39, 0.29) is 0 Å². The van der Waals surface area contributed by atoms with Crippen LogP contribution >= 0.6 is 11.6 Å². The Balaban J connectivity index is 2.34. The summed E-state index contributed by atoms with van der Waals surface area (Å²) < 4.78 is 0. The molecule has 0 aliphatic carbocycles. The van der Waals surface area contributed by atoms with Crippen molar-refractivity contribution in [3.05, 3.63) is 0 Å². The van der Waals surface area contributed by atoms with Crippen molar-refractivity contribution in [3.8, 4) is 0 Å². The van der Waals surface area contributed by atoms with Gasteiger partial charge in [0.25, 0.3) is 0 Å². The van der Waals surface area contributed by atoms with Gasteiger partial charge in [0.05, 0.1) is 0 Å². The Morgan fingerprint density at radius 3 is 2.73 bits per heavy atom. The average molecular weight is 176 g/mol. The van der Waals surface area contributed by atoms with Crippen molar-refractivity contribution in [2.45, 2.75) is 32.7 Å². The summed E-state index contributed by atoms with van der Waals surface area (Å²) in [6.07, 6.45) is 2.73. The molecule has 0 radical (unpaired) electrons. The SMILES string of the molecule is CC1CCC(C)N(CCCl)C1. The van der Waals surface area contributed by atoms with Crippen LogP contribution in [-0.4, -0.2) is 29.9 Å². The summed E-state index contributed by atoms with van der Waals surface area (Å²) >= 11 is 5.71. The number of halogens is 1. The molecule has 1 aliphatic heterocycles. The molecule has 0 spiro atoms. The van der Waals surface area contributed by atoms with Gasteiger partial charge in [0, 0.05) is 25.0 Å². The molecule has 2 unspecified atom stereocenters. The summed E-state index contributed by atoms with van der Waals surface area (Å²) in [5.74, 6) is 1.64. The van der Waals surface area contributed by atoms with E-state index in [1.165, 1.54) is 19.4 Å². The highest BCUT2D eigenvalue weighted by Gasteiger charge is 2.21. The van der Waals surface area contributed by atoms with E-state index >= 15 is 0 Å². The Bertz CT molecular complexity index is 116. The van der Waals surface area contributed by atoms with E-state index in [9.17, 15) is 0 Å². The minimum atomic E-state index is 0.755. The minimum Gasteiger partial charge on any atom is -0.299 e. The zero-order valence-electron chi connectivity index (χ0n) is 7.52. The summed E-state index contributed by atoms with van der Waals surface area (Å²) in [6, 6.07) is 0.755. The van der Waals surface area contributed by atoms with Crippen LogP contribution in [0.1, 0.15) is 26.7 Å². The summed E-state index contributed by atoms with van der Waals surface area (Å²) in [7, 11) is 0. The molecule has 0 aromatic rings. The molecular formula is C9H18ClN. The second-order valence-electron chi connectivity index (χ2n) is 3.72. The van der Waals surface area contributed by atoms with Crippen molar-refractivity contribution < 1.29 is 0 Å². The lowest BCUT2D eigenvalue weighted by Crippen LogP contribution is -2.41. The third kappa shape index (κ3) is 2.64. The van der Waals surface area contributed by atoms with Crippen LogP contribution in [0, 0.1) is 5.92 Å². The summed E-state index contributed by atoms with van der Waals surface area (Å²) in [5.41, 5.74) is 0. The van der Waals surface area contributed by atoms with Crippen molar-refractivity contribution in [2.24, 2.45) is 5.92 Å². The Hall–Kier alpha value is 0.250. The van der Waals surface area contributed by atoms with Crippen molar-refractivity contribution in [2.75, 3.05) is 19.0 Å². The first-order valence-electron chi connectivity index (χ1n) is 4.54. The molecule has 0 aromatic heterocycles. The van der Waals surface area contributed by atoms with Gasteiger partial charge in [-0.3, -0.25) is 4.90 Å². The maximum absolute atomic E-state index is 5.71. The fraction of sp³-hybridized carbons (Fsp3) is 1.00. The number of nitrogens with zero attached hydrogens (tertiary/aromatic N) is 1. The van der Waals surface area contributed by atoms with Gasteiger partial charge < -0.3 is 0 Å². The molecule has 0 bridgehead atoms. The van der Waals surface area contributed by atoms with E-state index in [2.05, 4.69) is 18.7 Å². The van der Waals surface area contributed by atoms with Crippen LogP contribution in [0.15, 0.2) is 0 Å². The van der Waals surface area contributed by atoms with Gasteiger partial charge >= 0.3 is 0 Å². The van der Waals surface area contributed by atoms with Crippen molar-refractivity contribution >= 4 is 11.6 Å². The van der Waals surface area contributed by atoms with Crippen molar-refractivity contribution in [1.29, 1.82) is 0 Å². The van der Waals surface area contributed by atoms with Gasteiger partial charge in [-0.1, -0.05) is 6.92 Å². The standard InChI is InChI=1S/C9H18ClN/c1-8-3-4-9(2)11(7-8)6-5-10/h8-9H,3-7H2,1-2H3. The van der Waals surface area contributed by atoms with Crippen LogP contribution in [0.4, 0.5) is 0 Å². The van der Waals surface area contributed by atoms with E-state index in [0.717, 1.165) is 24.4 Å². The number of alkyl halides is 1. The van der Waals surface area contributed by atoms with Gasteiger partial charge in [-0.2, -0.15) is 0 Å².